The average molecular weight is 210 g/mol. The number of benzene rings is 1. The van der Waals surface area contributed by atoms with Gasteiger partial charge < -0.3 is 0 Å². The second-order valence-corrected chi connectivity index (χ2v) is 4.89. The molecule has 4 rings (SSSR count). The van der Waals surface area contributed by atoms with Gasteiger partial charge >= 0.3 is 0 Å². The number of hydrazine groups is 1. The van der Waals surface area contributed by atoms with Gasteiger partial charge in [-0.3, -0.25) is 11.3 Å². The van der Waals surface area contributed by atoms with Gasteiger partial charge in [0.25, 0.3) is 0 Å². The highest BCUT2D eigenvalue weighted by atomic mass is 19.1. The standard InChI is InChI=1S/C11H12F2N2/c12-8-1-7(2-9(13)3-8)10-4-11(5-10,6-10)15-14/h1-3,15H,4-6,14H2. The van der Waals surface area contributed by atoms with Crippen LogP contribution in [-0.4, -0.2) is 5.54 Å². The van der Waals surface area contributed by atoms with Crippen molar-refractivity contribution < 1.29 is 8.78 Å². The molecule has 0 radical (unpaired) electrons. The maximum Gasteiger partial charge on any atom is 0.126 e. The predicted molar refractivity (Wildman–Crippen MR) is 51.9 cm³/mol. The number of rotatable bonds is 2. The van der Waals surface area contributed by atoms with Crippen LogP contribution >= 0.6 is 0 Å². The van der Waals surface area contributed by atoms with Crippen LogP contribution in [0.2, 0.25) is 0 Å². The van der Waals surface area contributed by atoms with Crippen LogP contribution in [0.15, 0.2) is 18.2 Å². The van der Waals surface area contributed by atoms with E-state index in [9.17, 15) is 8.78 Å². The maximum atomic E-state index is 13.0. The molecular formula is C11H12F2N2. The molecule has 80 valence electrons. The lowest BCUT2D eigenvalue weighted by molar-refractivity contribution is -0.0885. The number of nitrogens with one attached hydrogen (secondary N) is 1. The van der Waals surface area contributed by atoms with Crippen LogP contribution in [0.3, 0.4) is 0 Å². The number of hydrogen-bond donors (Lipinski definition) is 2. The molecule has 3 saturated carbocycles. The molecular weight excluding hydrogens is 198 g/mol. The van der Waals surface area contributed by atoms with Crippen molar-refractivity contribution in [3.63, 3.8) is 0 Å². The van der Waals surface area contributed by atoms with E-state index in [1.807, 2.05) is 0 Å². The fraction of sp³-hybridized carbons (Fsp3) is 0.455. The summed E-state index contributed by atoms with van der Waals surface area (Å²) in [5, 5.41) is 0. The Kier molecular flexibility index (Phi) is 1.58. The first-order valence-electron chi connectivity index (χ1n) is 5.02. The Morgan fingerprint density at radius 3 is 2.07 bits per heavy atom. The van der Waals surface area contributed by atoms with Crippen molar-refractivity contribution in [2.45, 2.75) is 30.2 Å². The minimum absolute atomic E-state index is 0.0185. The van der Waals surface area contributed by atoms with Gasteiger partial charge in [-0.25, -0.2) is 8.78 Å². The van der Waals surface area contributed by atoms with Crippen LogP contribution in [0.1, 0.15) is 24.8 Å². The Morgan fingerprint density at radius 1 is 1.07 bits per heavy atom. The van der Waals surface area contributed by atoms with Crippen LogP contribution in [0.5, 0.6) is 0 Å². The Morgan fingerprint density at radius 2 is 1.60 bits per heavy atom. The summed E-state index contributed by atoms with van der Waals surface area (Å²) in [5.41, 5.74) is 3.58. The second kappa shape index (κ2) is 2.57. The molecule has 0 heterocycles. The minimum atomic E-state index is -0.496. The van der Waals surface area contributed by atoms with Gasteiger partial charge in [0, 0.05) is 17.0 Å². The lowest BCUT2D eigenvalue weighted by Gasteiger charge is -2.70. The van der Waals surface area contributed by atoms with Crippen LogP contribution in [0.25, 0.3) is 0 Å². The molecule has 3 aliphatic rings. The molecule has 0 saturated heterocycles. The number of hydrogen-bond acceptors (Lipinski definition) is 2. The van der Waals surface area contributed by atoms with Crippen molar-refractivity contribution in [1.29, 1.82) is 0 Å². The first-order valence-corrected chi connectivity index (χ1v) is 5.02. The Balaban J connectivity index is 1.90. The second-order valence-electron chi connectivity index (χ2n) is 4.89. The van der Waals surface area contributed by atoms with Gasteiger partial charge in [0.15, 0.2) is 0 Å². The third kappa shape index (κ3) is 1.09. The fourth-order valence-electron chi connectivity index (χ4n) is 3.11. The summed E-state index contributed by atoms with van der Waals surface area (Å²) in [5.74, 6) is 4.41. The highest BCUT2D eigenvalue weighted by molar-refractivity contribution is 5.41. The van der Waals surface area contributed by atoms with E-state index in [1.54, 1.807) is 0 Å². The van der Waals surface area contributed by atoms with Crippen molar-refractivity contribution in [1.82, 2.24) is 5.43 Å². The molecule has 2 bridgehead atoms. The fourth-order valence-corrected chi connectivity index (χ4v) is 3.11. The van der Waals surface area contributed by atoms with Gasteiger partial charge in [-0.1, -0.05) is 0 Å². The van der Waals surface area contributed by atoms with Gasteiger partial charge in [0.1, 0.15) is 11.6 Å². The van der Waals surface area contributed by atoms with Crippen LogP contribution in [0, 0.1) is 11.6 Å². The molecule has 3 aliphatic carbocycles. The summed E-state index contributed by atoms with van der Waals surface area (Å²) < 4.78 is 26.1. The molecule has 0 spiro atoms. The van der Waals surface area contributed by atoms with Gasteiger partial charge in [-0.15, -0.1) is 0 Å². The zero-order valence-corrected chi connectivity index (χ0v) is 8.19. The molecule has 15 heavy (non-hydrogen) atoms. The Bertz CT molecular complexity index is 391. The molecule has 1 aromatic rings. The molecule has 0 aliphatic heterocycles. The van der Waals surface area contributed by atoms with Crippen molar-refractivity contribution in [2.75, 3.05) is 0 Å². The summed E-state index contributed by atoms with van der Waals surface area (Å²) in [6.45, 7) is 0. The largest absolute Gasteiger partial charge is 0.271 e. The first-order chi connectivity index (χ1) is 7.07. The average Bonchev–Trinajstić information content (AvgIpc) is 1.97. The summed E-state index contributed by atoms with van der Waals surface area (Å²) >= 11 is 0. The van der Waals surface area contributed by atoms with E-state index in [0.717, 1.165) is 30.9 Å². The van der Waals surface area contributed by atoms with E-state index in [2.05, 4.69) is 5.43 Å². The van der Waals surface area contributed by atoms with Gasteiger partial charge in [-0.2, -0.15) is 0 Å². The normalized spacial score (nSPS) is 37.0. The van der Waals surface area contributed by atoms with Gasteiger partial charge in [0.2, 0.25) is 0 Å². The van der Waals surface area contributed by atoms with Crippen molar-refractivity contribution in [2.24, 2.45) is 5.84 Å². The van der Waals surface area contributed by atoms with E-state index < -0.39 is 11.6 Å². The smallest absolute Gasteiger partial charge is 0.126 e. The molecule has 0 unspecified atom stereocenters. The SMILES string of the molecule is NNC12CC(c3cc(F)cc(F)c3)(C1)C2. The summed E-state index contributed by atoms with van der Waals surface area (Å²) in [6.07, 6.45) is 2.66. The number of nitrogens with two attached hydrogens (primary N) is 1. The maximum absolute atomic E-state index is 13.0. The molecule has 3 fully saturated rings. The molecule has 3 N–H and O–H groups in total. The van der Waals surface area contributed by atoms with Crippen LogP contribution < -0.4 is 11.3 Å². The van der Waals surface area contributed by atoms with Crippen LogP contribution in [-0.2, 0) is 5.41 Å². The molecule has 2 nitrogen and oxygen atoms in total. The third-order valence-corrected chi connectivity index (χ3v) is 3.81. The van der Waals surface area contributed by atoms with E-state index >= 15 is 0 Å². The highest BCUT2D eigenvalue weighted by Gasteiger charge is 2.68. The Hall–Kier alpha value is -1.00. The van der Waals surface area contributed by atoms with Gasteiger partial charge in [0.05, 0.1) is 0 Å². The topological polar surface area (TPSA) is 38.0 Å². The monoisotopic (exact) mass is 210 g/mol. The molecule has 4 heteroatoms. The van der Waals surface area contributed by atoms with Gasteiger partial charge in [-0.05, 0) is 37.0 Å². The minimum Gasteiger partial charge on any atom is -0.271 e. The van der Waals surface area contributed by atoms with Crippen molar-refractivity contribution in [3.8, 4) is 0 Å². The zero-order valence-electron chi connectivity index (χ0n) is 8.19. The van der Waals surface area contributed by atoms with E-state index in [1.165, 1.54) is 12.1 Å². The predicted octanol–water partition coefficient (Wildman–Crippen LogP) is 1.60. The quantitative estimate of drug-likeness (QED) is 0.574. The van der Waals surface area contributed by atoms with E-state index in [0.29, 0.717) is 0 Å². The third-order valence-electron chi connectivity index (χ3n) is 3.81. The van der Waals surface area contributed by atoms with E-state index in [-0.39, 0.29) is 11.0 Å². The summed E-state index contributed by atoms with van der Waals surface area (Å²) in [7, 11) is 0. The molecule has 0 atom stereocenters. The number of halogens is 2. The van der Waals surface area contributed by atoms with Crippen molar-refractivity contribution >= 4 is 0 Å². The summed E-state index contributed by atoms with van der Waals surface area (Å²) in [6, 6.07) is 3.78. The van der Waals surface area contributed by atoms with Crippen LogP contribution in [0.4, 0.5) is 8.78 Å². The van der Waals surface area contributed by atoms with E-state index in [4.69, 9.17) is 5.84 Å². The molecule has 1 aromatic carbocycles. The first kappa shape index (κ1) is 9.24. The molecule has 0 aromatic heterocycles. The van der Waals surface area contributed by atoms with Crippen molar-refractivity contribution in [3.05, 3.63) is 35.4 Å². The Labute approximate surface area is 86.4 Å². The lowest BCUT2D eigenvalue weighted by Crippen LogP contribution is -2.77. The lowest BCUT2D eigenvalue weighted by atomic mass is 9.37. The zero-order chi connectivity index (χ0) is 10.7. The summed E-state index contributed by atoms with van der Waals surface area (Å²) in [4.78, 5) is 0. The molecule has 0 amide bonds. The highest BCUT2D eigenvalue weighted by Crippen LogP contribution is 2.67.